The monoisotopic (exact) mass is 504 g/mol. The van der Waals surface area contributed by atoms with Crippen LogP contribution in [-0.2, 0) is 7.05 Å². The van der Waals surface area contributed by atoms with Crippen LogP contribution in [-0.4, -0.2) is 19.5 Å². The van der Waals surface area contributed by atoms with Crippen molar-refractivity contribution in [2.45, 2.75) is 13.8 Å². The minimum Gasteiger partial charge on any atom is -0.325 e. The van der Waals surface area contributed by atoms with Crippen molar-refractivity contribution in [1.82, 2.24) is 19.5 Å². The molecule has 36 heavy (non-hydrogen) atoms. The Kier molecular flexibility index (Phi) is 5.83. The molecule has 0 aliphatic carbocycles. The summed E-state index contributed by atoms with van der Waals surface area (Å²) >= 11 is 3.42. The third-order valence-corrected chi connectivity index (χ3v) is 8.25. The smallest absolute Gasteiger partial charge is 0.141 e. The summed E-state index contributed by atoms with van der Waals surface area (Å²) in [5, 5.41) is 2.01. The molecule has 0 amide bonds. The van der Waals surface area contributed by atoms with Crippen molar-refractivity contribution in [1.29, 1.82) is 0 Å². The molecule has 0 bridgehead atoms. The fourth-order valence-corrected chi connectivity index (χ4v) is 6.26. The van der Waals surface area contributed by atoms with Gasteiger partial charge in [-0.3, -0.25) is 0 Å². The fraction of sp³-hybridized carbons (Fsp3) is 0.100. The Morgan fingerprint density at radius 2 is 0.972 bits per heavy atom. The van der Waals surface area contributed by atoms with Crippen molar-refractivity contribution in [2.24, 2.45) is 7.05 Å². The molecule has 3 aromatic carbocycles. The van der Waals surface area contributed by atoms with Crippen LogP contribution < -0.4 is 0 Å². The van der Waals surface area contributed by atoms with Gasteiger partial charge in [-0.05, 0) is 13.8 Å². The van der Waals surface area contributed by atoms with Gasteiger partial charge in [-0.25, -0.2) is 15.0 Å². The highest BCUT2D eigenvalue weighted by atomic mass is 32.1. The van der Waals surface area contributed by atoms with Crippen LogP contribution in [0, 0.1) is 13.8 Å². The number of thiazole rings is 2. The lowest BCUT2D eigenvalue weighted by molar-refractivity contribution is 0.928. The lowest BCUT2D eigenvalue weighted by atomic mass is 10.1. The largest absolute Gasteiger partial charge is 0.325 e. The molecule has 0 aliphatic rings. The maximum atomic E-state index is 5.19. The number of hydrogen-bond acceptors (Lipinski definition) is 5. The molecule has 0 saturated carbocycles. The highest BCUT2D eigenvalue weighted by Gasteiger charge is 2.26. The van der Waals surface area contributed by atoms with Gasteiger partial charge < -0.3 is 4.57 Å². The summed E-state index contributed by atoms with van der Waals surface area (Å²) in [7, 11) is 2.08. The van der Waals surface area contributed by atoms with E-state index in [0.717, 1.165) is 65.1 Å². The Hall–Kier alpha value is -3.87. The molecule has 0 radical (unpaired) electrons. The van der Waals surface area contributed by atoms with E-state index < -0.39 is 0 Å². The molecule has 176 valence electrons. The van der Waals surface area contributed by atoms with Gasteiger partial charge in [-0.2, -0.15) is 0 Å². The molecule has 6 heteroatoms. The zero-order chi connectivity index (χ0) is 24.6. The summed E-state index contributed by atoms with van der Waals surface area (Å²) in [6.07, 6.45) is 0. The summed E-state index contributed by atoms with van der Waals surface area (Å²) in [4.78, 5) is 17.7. The molecule has 0 spiro atoms. The predicted octanol–water partition coefficient (Wildman–Crippen LogP) is 8.28. The molecule has 3 heterocycles. The van der Waals surface area contributed by atoms with E-state index in [1.54, 1.807) is 22.7 Å². The van der Waals surface area contributed by atoms with Crippen LogP contribution in [0.5, 0.6) is 0 Å². The predicted molar refractivity (Wildman–Crippen MR) is 151 cm³/mol. The first kappa shape index (κ1) is 22.6. The first-order valence-corrected chi connectivity index (χ1v) is 13.4. The number of hydrogen-bond donors (Lipinski definition) is 0. The van der Waals surface area contributed by atoms with E-state index in [4.69, 9.17) is 15.0 Å². The van der Waals surface area contributed by atoms with Gasteiger partial charge in [0.05, 0.1) is 5.69 Å². The third-order valence-electron chi connectivity index (χ3n) is 6.21. The molecular formula is C30H24N4S2. The van der Waals surface area contributed by atoms with Crippen LogP contribution in [0.25, 0.3) is 55.3 Å². The maximum Gasteiger partial charge on any atom is 0.141 e. The van der Waals surface area contributed by atoms with Crippen molar-refractivity contribution in [2.75, 3.05) is 0 Å². The van der Waals surface area contributed by atoms with Crippen LogP contribution in [0.1, 0.15) is 9.75 Å². The molecule has 0 N–H and O–H groups in total. The Morgan fingerprint density at radius 1 is 0.528 bits per heavy atom. The van der Waals surface area contributed by atoms with Crippen LogP contribution in [0.3, 0.4) is 0 Å². The van der Waals surface area contributed by atoms with E-state index in [2.05, 4.69) is 86.1 Å². The summed E-state index contributed by atoms with van der Waals surface area (Å²) in [6, 6.07) is 31.0. The van der Waals surface area contributed by atoms with Crippen molar-refractivity contribution in [3.05, 3.63) is 101 Å². The quantitative estimate of drug-likeness (QED) is 0.237. The summed E-state index contributed by atoms with van der Waals surface area (Å²) in [5.41, 5.74) is 7.06. The molecule has 6 aromatic rings. The topological polar surface area (TPSA) is 43.6 Å². The van der Waals surface area contributed by atoms with Gasteiger partial charge in [0.15, 0.2) is 0 Å². The van der Waals surface area contributed by atoms with Crippen LogP contribution in [0.15, 0.2) is 91.0 Å². The molecule has 6 rings (SSSR count). The van der Waals surface area contributed by atoms with E-state index in [1.165, 1.54) is 0 Å². The van der Waals surface area contributed by atoms with E-state index in [0.29, 0.717) is 0 Å². The molecular weight excluding hydrogens is 480 g/mol. The van der Waals surface area contributed by atoms with Crippen molar-refractivity contribution in [3.8, 4) is 55.3 Å². The summed E-state index contributed by atoms with van der Waals surface area (Å²) < 4.78 is 2.17. The highest BCUT2D eigenvalue weighted by molar-refractivity contribution is 7.15. The molecule has 0 fully saturated rings. The van der Waals surface area contributed by atoms with Crippen LogP contribution in [0.4, 0.5) is 0 Å². The Balaban J connectivity index is 1.57. The number of rotatable bonds is 5. The minimum atomic E-state index is 0.875. The molecule has 0 aliphatic heterocycles. The Labute approximate surface area is 218 Å². The molecule has 3 aromatic heterocycles. The number of benzene rings is 3. The van der Waals surface area contributed by atoms with Crippen molar-refractivity contribution in [3.63, 3.8) is 0 Å². The second-order valence-electron chi connectivity index (χ2n) is 8.64. The van der Waals surface area contributed by atoms with Gasteiger partial charge in [0.1, 0.15) is 32.9 Å². The van der Waals surface area contributed by atoms with E-state index in [1.807, 2.05) is 30.3 Å². The first-order chi connectivity index (χ1) is 17.6. The number of nitrogens with zero attached hydrogens (tertiary/aromatic N) is 4. The van der Waals surface area contributed by atoms with E-state index in [-0.39, 0.29) is 0 Å². The van der Waals surface area contributed by atoms with E-state index >= 15 is 0 Å². The van der Waals surface area contributed by atoms with Gasteiger partial charge in [-0.1, -0.05) is 91.0 Å². The van der Waals surface area contributed by atoms with Gasteiger partial charge >= 0.3 is 0 Å². The van der Waals surface area contributed by atoms with Gasteiger partial charge in [-0.15, -0.1) is 22.7 Å². The molecule has 0 saturated heterocycles. The summed E-state index contributed by atoms with van der Waals surface area (Å²) in [6.45, 7) is 4.27. The maximum absolute atomic E-state index is 5.19. The van der Waals surface area contributed by atoms with E-state index in [9.17, 15) is 0 Å². The van der Waals surface area contributed by atoms with Crippen LogP contribution in [0.2, 0.25) is 0 Å². The van der Waals surface area contributed by atoms with Crippen molar-refractivity contribution < 1.29 is 0 Å². The SMILES string of the molecule is Cc1sc(-c2ccccc2)nc1-c1nc(-c2ccccc2)n(C)c1-c1nc(-c2ccccc2)sc1C. The second kappa shape index (κ2) is 9.30. The Bertz CT molecular complexity index is 1650. The first-order valence-electron chi connectivity index (χ1n) is 11.8. The van der Waals surface area contributed by atoms with Crippen LogP contribution >= 0.6 is 22.7 Å². The highest BCUT2D eigenvalue weighted by Crippen LogP contribution is 2.42. The third kappa shape index (κ3) is 3.98. The molecule has 4 nitrogen and oxygen atoms in total. The van der Waals surface area contributed by atoms with Gasteiger partial charge in [0, 0.05) is 33.5 Å². The average Bonchev–Trinajstić information content (AvgIpc) is 3.60. The minimum absolute atomic E-state index is 0.875. The van der Waals surface area contributed by atoms with Gasteiger partial charge in [0.2, 0.25) is 0 Å². The van der Waals surface area contributed by atoms with Gasteiger partial charge in [0.25, 0.3) is 0 Å². The van der Waals surface area contributed by atoms with Crippen molar-refractivity contribution >= 4 is 22.7 Å². The molecule has 0 atom stereocenters. The zero-order valence-corrected chi connectivity index (χ0v) is 21.9. The number of imidazole rings is 1. The second-order valence-corrected chi connectivity index (χ2v) is 11.0. The standard InChI is InChI=1S/C30H24N4S2/c1-19-24(32-29(35-19)22-15-9-5-10-16-22)26-27(34(3)28(31-26)21-13-7-4-8-14-21)25-20(2)36-30(33-25)23-17-11-6-12-18-23/h4-18H,1-3H3. The summed E-state index contributed by atoms with van der Waals surface area (Å²) in [5.74, 6) is 0.905. The normalized spacial score (nSPS) is 11.2. The number of aromatic nitrogens is 4. The Morgan fingerprint density at radius 3 is 1.50 bits per heavy atom. The fourth-order valence-electron chi connectivity index (χ4n) is 4.42. The average molecular weight is 505 g/mol. The number of aryl methyl sites for hydroxylation is 2. The zero-order valence-electron chi connectivity index (χ0n) is 20.3. The lowest BCUT2D eigenvalue weighted by Crippen LogP contribution is -1.97. The lowest BCUT2D eigenvalue weighted by Gasteiger charge is -2.06. The molecule has 0 unspecified atom stereocenters.